The van der Waals surface area contributed by atoms with E-state index in [1.165, 1.54) is 19.3 Å². The Hall–Kier alpha value is -0.610. The summed E-state index contributed by atoms with van der Waals surface area (Å²) in [6.07, 6.45) is 5.70. The molecule has 0 aromatic heterocycles. The molecule has 1 atom stereocenters. The molecule has 1 aliphatic heterocycles. The second-order valence-corrected chi connectivity index (χ2v) is 5.54. The highest BCUT2D eigenvalue weighted by atomic mass is 16.5. The van der Waals surface area contributed by atoms with Gasteiger partial charge in [0.05, 0.1) is 6.61 Å². The third-order valence-corrected chi connectivity index (χ3v) is 4.05. The number of hydrogen-bond acceptors (Lipinski definition) is 4. The molecule has 0 bridgehead atoms. The number of carbonyl (C=O) groups is 1. The van der Waals surface area contributed by atoms with Crippen LogP contribution in [0.25, 0.3) is 0 Å². The van der Waals surface area contributed by atoms with Gasteiger partial charge in [-0.3, -0.25) is 9.69 Å². The quantitative estimate of drug-likeness (QED) is 0.542. The van der Waals surface area contributed by atoms with E-state index in [2.05, 4.69) is 24.1 Å². The molecule has 1 aliphatic rings. The molecule has 0 amide bonds. The molecule has 0 aliphatic carbocycles. The molecule has 112 valence electrons. The molecule has 1 heterocycles. The van der Waals surface area contributed by atoms with Crippen LogP contribution in [0.15, 0.2) is 0 Å². The Bertz CT molecular complexity index is 265. The molecule has 1 N–H and O–H groups in total. The minimum absolute atomic E-state index is 0.0478. The zero-order valence-corrected chi connectivity index (χ0v) is 12.8. The van der Waals surface area contributed by atoms with Crippen molar-refractivity contribution in [2.24, 2.45) is 0 Å². The van der Waals surface area contributed by atoms with Crippen LogP contribution in [0.3, 0.4) is 0 Å². The first kappa shape index (κ1) is 16.4. The van der Waals surface area contributed by atoms with Crippen LogP contribution in [-0.4, -0.2) is 49.2 Å². The van der Waals surface area contributed by atoms with Crippen molar-refractivity contribution in [2.45, 2.75) is 58.4 Å². The Morgan fingerprint density at radius 1 is 1.21 bits per heavy atom. The molecule has 0 saturated carbocycles. The standard InChI is InChI=1S/C15H30N2O2/c1-4-6-7-8-9-15(3,14(18)19-5-2)17-12-10-16-11-13-17/h16H,4-13H2,1-3H3. The number of rotatable bonds is 8. The highest BCUT2D eigenvalue weighted by molar-refractivity contribution is 5.80. The normalized spacial score (nSPS) is 19.9. The van der Waals surface area contributed by atoms with E-state index in [1.807, 2.05) is 6.92 Å². The molecule has 1 saturated heterocycles. The van der Waals surface area contributed by atoms with Crippen molar-refractivity contribution in [1.82, 2.24) is 10.2 Å². The van der Waals surface area contributed by atoms with E-state index in [9.17, 15) is 4.79 Å². The minimum atomic E-state index is -0.439. The van der Waals surface area contributed by atoms with Crippen molar-refractivity contribution in [2.75, 3.05) is 32.8 Å². The van der Waals surface area contributed by atoms with Gasteiger partial charge in [0.2, 0.25) is 0 Å². The molecule has 19 heavy (non-hydrogen) atoms. The fourth-order valence-corrected chi connectivity index (χ4v) is 2.73. The number of nitrogens with one attached hydrogen (secondary N) is 1. The van der Waals surface area contributed by atoms with Crippen molar-refractivity contribution in [3.8, 4) is 0 Å². The maximum atomic E-state index is 12.3. The van der Waals surface area contributed by atoms with Crippen molar-refractivity contribution >= 4 is 5.97 Å². The maximum Gasteiger partial charge on any atom is 0.326 e. The number of ether oxygens (including phenoxy) is 1. The molecule has 0 radical (unpaired) electrons. The first-order valence-corrected chi connectivity index (χ1v) is 7.78. The molecule has 4 heteroatoms. The summed E-state index contributed by atoms with van der Waals surface area (Å²) in [6.45, 7) is 10.4. The lowest BCUT2D eigenvalue weighted by molar-refractivity contribution is -0.158. The first-order chi connectivity index (χ1) is 9.15. The Labute approximate surface area is 117 Å². The fourth-order valence-electron chi connectivity index (χ4n) is 2.73. The molecule has 4 nitrogen and oxygen atoms in total. The van der Waals surface area contributed by atoms with Gasteiger partial charge in [0.1, 0.15) is 5.54 Å². The van der Waals surface area contributed by atoms with Gasteiger partial charge in [-0.25, -0.2) is 0 Å². The third-order valence-electron chi connectivity index (χ3n) is 4.05. The lowest BCUT2D eigenvalue weighted by Crippen LogP contribution is -2.59. The van der Waals surface area contributed by atoms with E-state index in [1.54, 1.807) is 0 Å². The Balaban J connectivity index is 2.62. The highest BCUT2D eigenvalue weighted by Gasteiger charge is 2.40. The topological polar surface area (TPSA) is 41.6 Å². The smallest absolute Gasteiger partial charge is 0.326 e. The number of esters is 1. The number of unbranched alkanes of at least 4 members (excludes halogenated alkanes) is 3. The fraction of sp³-hybridized carbons (Fsp3) is 0.933. The van der Waals surface area contributed by atoms with Crippen molar-refractivity contribution in [3.05, 3.63) is 0 Å². The van der Waals surface area contributed by atoms with Gasteiger partial charge < -0.3 is 10.1 Å². The lowest BCUT2D eigenvalue weighted by Gasteiger charge is -2.41. The Kier molecular flexibility index (Phi) is 7.39. The first-order valence-electron chi connectivity index (χ1n) is 7.78. The number of hydrogen-bond donors (Lipinski definition) is 1. The predicted molar refractivity (Wildman–Crippen MR) is 78.2 cm³/mol. The highest BCUT2D eigenvalue weighted by Crippen LogP contribution is 2.25. The average Bonchev–Trinajstić information content (AvgIpc) is 2.44. The zero-order valence-electron chi connectivity index (χ0n) is 12.8. The SMILES string of the molecule is CCCCCCC(C)(C(=O)OCC)N1CCNCC1. The van der Waals surface area contributed by atoms with E-state index >= 15 is 0 Å². The molecule has 0 spiro atoms. The van der Waals surface area contributed by atoms with Crippen LogP contribution < -0.4 is 5.32 Å². The number of piperazine rings is 1. The van der Waals surface area contributed by atoms with Gasteiger partial charge in [-0.15, -0.1) is 0 Å². The van der Waals surface area contributed by atoms with Gasteiger partial charge in [-0.2, -0.15) is 0 Å². The monoisotopic (exact) mass is 270 g/mol. The van der Waals surface area contributed by atoms with Crippen molar-refractivity contribution in [1.29, 1.82) is 0 Å². The van der Waals surface area contributed by atoms with Gasteiger partial charge in [0.25, 0.3) is 0 Å². The van der Waals surface area contributed by atoms with E-state index < -0.39 is 5.54 Å². The van der Waals surface area contributed by atoms with Gasteiger partial charge in [0, 0.05) is 26.2 Å². The minimum Gasteiger partial charge on any atom is -0.465 e. The summed E-state index contributed by atoms with van der Waals surface area (Å²) >= 11 is 0. The van der Waals surface area contributed by atoms with Crippen LogP contribution in [0, 0.1) is 0 Å². The van der Waals surface area contributed by atoms with E-state index in [-0.39, 0.29) is 5.97 Å². The average molecular weight is 270 g/mol. The molecule has 0 aromatic carbocycles. The summed E-state index contributed by atoms with van der Waals surface area (Å²) in [4.78, 5) is 14.6. The molecule has 1 rings (SSSR count). The Morgan fingerprint density at radius 2 is 1.89 bits per heavy atom. The molecule has 0 aromatic rings. The van der Waals surface area contributed by atoms with Crippen LogP contribution in [0.4, 0.5) is 0 Å². The van der Waals surface area contributed by atoms with Crippen LogP contribution in [0.5, 0.6) is 0 Å². The third kappa shape index (κ3) is 4.77. The molecular weight excluding hydrogens is 240 g/mol. The van der Waals surface area contributed by atoms with E-state index in [0.717, 1.165) is 39.0 Å². The van der Waals surface area contributed by atoms with Crippen LogP contribution in [-0.2, 0) is 9.53 Å². The van der Waals surface area contributed by atoms with E-state index in [0.29, 0.717) is 6.61 Å². The second kappa shape index (κ2) is 8.54. The van der Waals surface area contributed by atoms with Crippen LogP contribution >= 0.6 is 0 Å². The van der Waals surface area contributed by atoms with Crippen molar-refractivity contribution in [3.63, 3.8) is 0 Å². The summed E-state index contributed by atoms with van der Waals surface area (Å²) in [7, 11) is 0. The summed E-state index contributed by atoms with van der Waals surface area (Å²) in [5, 5.41) is 3.34. The van der Waals surface area contributed by atoms with Gasteiger partial charge in [0.15, 0.2) is 0 Å². The van der Waals surface area contributed by atoms with Gasteiger partial charge >= 0.3 is 5.97 Å². The predicted octanol–water partition coefficient (Wildman–Crippen LogP) is 2.18. The van der Waals surface area contributed by atoms with Crippen LogP contribution in [0.1, 0.15) is 52.9 Å². The number of carbonyl (C=O) groups excluding carboxylic acids is 1. The summed E-state index contributed by atoms with van der Waals surface area (Å²) < 4.78 is 5.32. The van der Waals surface area contributed by atoms with Crippen LogP contribution in [0.2, 0.25) is 0 Å². The lowest BCUT2D eigenvalue weighted by atomic mass is 9.91. The summed E-state index contributed by atoms with van der Waals surface area (Å²) in [5.74, 6) is -0.0478. The van der Waals surface area contributed by atoms with Gasteiger partial charge in [-0.1, -0.05) is 32.6 Å². The van der Waals surface area contributed by atoms with Gasteiger partial charge in [-0.05, 0) is 20.3 Å². The maximum absolute atomic E-state index is 12.3. The molecular formula is C15H30N2O2. The number of nitrogens with zero attached hydrogens (tertiary/aromatic N) is 1. The van der Waals surface area contributed by atoms with E-state index in [4.69, 9.17) is 4.74 Å². The largest absolute Gasteiger partial charge is 0.465 e. The second-order valence-electron chi connectivity index (χ2n) is 5.54. The zero-order chi connectivity index (χ0) is 14.1. The van der Waals surface area contributed by atoms with Crippen molar-refractivity contribution < 1.29 is 9.53 Å². The Morgan fingerprint density at radius 3 is 2.47 bits per heavy atom. The summed E-state index contributed by atoms with van der Waals surface area (Å²) in [6, 6.07) is 0. The summed E-state index contributed by atoms with van der Waals surface area (Å²) in [5.41, 5.74) is -0.439. The molecule has 1 unspecified atom stereocenters. The molecule has 1 fully saturated rings.